The molecule has 1 aliphatic heterocycles. The third-order valence-electron chi connectivity index (χ3n) is 2.34. The van der Waals surface area contributed by atoms with Crippen LogP contribution in [0.2, 0.25) is 5.02 Å². The van der Waals surface area contributed by atoms with Gasteiger partial charge in [0.15, 0.2) is 11.5 Å². The lowest BCUT2D eigenvalue weighted by Crippen LogP contribution is -2.23. The van der Waals surface area contributed by atoms with Crippen molar-refractivity contribution in [3.05, 3.63) is 22.7 Å². The van der Waals surface area contributed by atoms with Gasteiger partial charge < -0.3 is 25.3 Å². The largest absolute Gasteiger partial charge is 0.454 e. The van der Waals surface area contributed by atoms with Crippen LogP contribution in [0.1, 0.15) is 5.56 Å². The van der Waals surface area contributed by atoms with E-state index in [2.05, 4.69) is 10.1 Å². The van der Waals surface area contributed by atoms with Crippen LogP contribution in [0.25, 0.3) is 0 Å². The molecule has 6 nitrogen and oxygen atoms in total. The molecule has 0 saturated carbocycles. The Hall–Kier alpha value is -1.66. The molecule has 0 aromatic heterocycles. The van der Waals surface area contributed by atoms with Crippen LogP contribution < -0.4 is 20.5 Å². The lowest BCUT2D eigenvalue weighted by atomic mass is 10.2. The van der Waals surface area contributed by atoms with Crippen molar-refractivity contribution < 1.29 is 19.0 Å². The van der Waals surface area contributed by atoms with E-state index in [-0.39, 0.29) is 13.4 Å². The highest BCUT2D eigenvalue weighted by Gasteiger charge is 2.17. The second-order valence-electron chi connectivity index (χ2n) is 3.66. The molecule has 0 aliphatic carbocycles. The van der Waals surface area contributed by atoms with Gasteiger partial charge in [0.2, 0.25) is 6.79 Å². The molecule has 0 radical (unpaired) electrons. The molecule has 3 N–H and O–H groups in total. The van der Waals surface area contributed by atoms with Gasteiger partial charge in [-0.3, -0.25) is 0 Å². The molecule has 7 heteroatoms. The van der Waals surface area contributed by atoms with E-state index < -0.39 is 6.09 Å². The van der Waals surface area contributed by atoms with Gasteiger partial charge in [0.05, 0.1) is 5.02 Å². The first kappa shape index (κ1) is 12.8. The fourth-order valence-corrected chi connectivity index (χ4v) is 1.87. The van der Waals surface area contributed by atoms with Crippen molar-refractivity contribution in [2.75, 3.05) is 19.9 Å². The molecule has 1 heterocycles. The van der Waals surface area contributed by atoms with E-state index in [1.54, 1.807) is 6.07 Å². The number of carbonyl (C=O) groups is 1. The summed E-state index contributed by atoms with van der Waals surface area (Å²) >= 11 is 6.04. The first-order chi connectivity index (χ1) is 8.66. The normalized spacial score (nSPS) is 12.5. The highest BCUT2D eigenvalue weighted by molar-refractivity contribution is 6.32. The molecule has 1 aliphatic rings. The summed E-state index contributed by atoms with van der Waals surface area (Å²) in [6, 6.07) is 3.66. The summed E-state index contributed by atoms with van der Waals surface area (Å²) in [5.74, 6) is 1.23. The number of primary amides is 1. The summed E-state index contributed by atoms with van der Waals surface area (Å²) in [6.07, 6.45) is -0.775. The van der Waals surface area contributed by atoms with Crippen molar-refractivity contribution in [3.8, 4) is 11.5 Å². The van der Waals surface area contributed by atoms with Gasteiger partial charge in [-0.2, -0.15) is 0 Å². The molecule has 2 rings (SSSR count). The van der Waals surface area contributed by atoms with Gasteiger partial charge >= 0.3 is 6.09 Å². The summed E-state index contributed by atoms with van der Waals surface area (Å²) in [5, 5.41) is 3.61. The maximum Gasteiger partial charge on any atom is 0.404 e. The van der Waals surface area contributed by atoms with E-state index in [0.29, 0.717) is 29.6 Å². The van der Waals surface area contributed by atoms with Crippen LogP contribution in [0, 0.1) is 0 Å². The highest BCUT2D eigenvalue weighted by Crippen LogP contribution is 2.39. The van der Waals surface area contributed by atoms with Gasteiger partial charge in [-0.1, -0.05) is 11.6 Å². The van der Waals surface area contributed by atoms with Gasteiger partial charge in [-0.15, -0.1) is 0 Å². The minimum absolute atomic E-state index is 0.193. The Balaban J connectivity index is 1.83. The van der Waals surface area contributed by atoms with E-state index in [9.17, 15) is 4.79 Å². The van der Waals surface area contributed by atoms with Crippen molar-refractivity contribution in [1.82, 2.24) is 5.32 Å². The quantitative estimate of drug-likeness (QED) is 0.789. The van der Waals surface area contributed by atoms with Gasteiger partial charge in [0, 0.05) is 13.1 Å². The van der Waals surface area contributed by atoms with Crippen molar-refractivity contribution in [3.63, 3.8) is 0 Å². The Morgan fingerprint density at radius 2 is 2.33 bits per heavy atom. The number of amides is 1. The first-order valence-corrected chi connectivity index (χ1v) is 5.75. The fourth-order valence-electron chi connectivity index (χ4n) is 1.58. The molecule has 0 atom stereocenters. The molecule has 0 bridgehead atoms. The summed E-state index contributed by atoms with van der Waals surface area (Å²) in [6.45, 7) is 1.51. The molecule has 0 unspecified atom stereocenters. The third-order valence-corrected chi connectivity index (χ3v) is 2.62. The number of rotatable bonds is 5. The molecule has 0 saturated heterocycles. The minimum atomic E-state index is -0.775. The number of hydrogen-bond acceptors (Lipinski definition) is 5. The Bertz CT molecular complexity index is 453. The Kier molecular flexibility index (Phi) is 4.11. The van der Waals surface area contributed by atoms with Crippen molar-refractivity contribution >= 4 is 17.7 Å². The first-order valence-electron chi connectivity index (χ1n) is 5.38. The molecule has 1 aromatic rings. The van der Waals surface area contributed by atoms with Gasteiger partial charge in [0.25, 0.3) is 0 Å². The van der Waals surface area contributed by atoms with E-state index in [4.69, 9.17) is 26.8 Å². The number of carbonyl (C=O) groups excluding carboxylic acids is 1. The molecule has 1 amide bonds. The minimum Gasteiger partial charge on any atom is -0.454 e. The van der Waals surface area contributed by atoms with E-state index in [1.807, 2.05) is 6.07 Å². The van der Waals surface area contributed by atoms with Crippen LogP contribution >= 0.6 is 11.6 Å². The number of halogens is 1. The van der Waals surface area contributed by atoms with Crippen LogP contribution in [0.5, 0.6) is 11.5 Å². The number of fused-ring (bicyclic) bond motifs is 1. The zero-order valence-corrected chi connectivity index (χ0v) is 10.3. The Morgan fingerprint density at radius 1 is 1.50 bits per heavy atom. The Morgan fingerprint density at radius 3 is 3.11 bits per heavy atom. The number of nitrogens with two attached hydrogens (primary N) is 1. The lowest BCUT2D eigenvalue weighted by Gasteiger charge is -2.07. The average Bonchev–Trinajstić information content (AvgIpc) is 2.77. The number of ether oxygens (including phenoxy) is 3. The van der Waals surface area contributed by atoms with Crippen LogP contribution in [0.4, 0.5) is 4.79 Å². The lowest BCUT2D eigenvalue weighted by molar-refractivity contribution is 0.157. The van der Waals surface area contributed by atoms with Gasteiger partial charge in [0.1, 0.15) is 6.61 Å². The zero-order valence-electron chi connectivity index (χ0n) is 9.57. The van der Waals surface area contributed by atoms with Crippen LogP contribution in [-0.4, -0.2) is 26.0 Å². The van der Waals surface area contributed by atoms with E-state index in [1.165, 1.54) is 0 Å². The highest BCUT2D eigenvalue weighted by atomic mass is 35.5. The molecular formula is C11H13ClN2O4. The predicted octanol–water partition coefficient (Wildman–Crippen LogP) is 1.25. The topological polar surface area (TPSA) is 82.8 Å². The van der Waals surface area contributed by atoms with Crippen molar-refractivity contribution in [2.24, 2.45) is 5.73 Å². The SMILES string of the molecule is NC(=O)OCCNCc1cc(Cl)c2c(c1)OCO2. The van der Waals surface area contributed by atoms with Crippen LogP contribution in [0.3, 0.4) is 0 Å². The number of hydrogen-bond donors (Lipinski definition) is 2. The maximum atomic E-state index is 10.3. The molecule has 0 spiro atoms. The van der Waals surface area contributed by atoms with Gasteiger partial charge in [-0.05, 0) is 17.7 Å². The monoisotopic (exact) mass is 272 g/mol. The van der Waals surface area contributed by atoms with Gasteiger partial charge in [-0.25, -0.2) is 4.79 Å². The second-order valence-corrected chi connectivity index (χ2v) is 4.06. The van der Waals surface area contributed by atoms with E-state index in [0.717, 1.165) is 5.56 Å². The number of nitrogens with one attached hydrogen (secondary N) is 1. The summed E-state index contributed by atoms with van der Waals surface area (Å²) in [5.41, 5.74) is 5.79. The fraction of sp³-hybridized carbons (Fsp3) is 0.364. The molecule has 98 valence electrons. The molecule has 1 aromatic carbocycles. The second kappa shape index (κ2) is 5.79. The number of benzene rings is 1. The molecule has 18 heavy (non-hydrogen) atoms. The molecular weight excluding hydrogens is 260 g/mol. The summed E-state index contributed by atoms with van der Waals surface area (Å²) in [4.78, 5) is 10.3. The summed E-state index contributed by atoms with van der Waals surface area (Å²) in [7, 11) is 0. The summed E-state index contributed by atoms with van der Waals surface area (Å²) < 4.78 is 15.0. The average molecular weight is 273 g/mol. The van der Waals surface area contributed by atoms with Crippen LogP contribution in [-0.2, 0) is 11.3 Å². The smallest absolute Gasteiger partial charge is 0.404 e. The standard InChI is InChI=1S/C11H13ClN2O4/c12-8-3-7(4-9-10(8)18-6-17-9)5-14-1-2-16-11(13)15/h3-4,14H,1-2,5-6H2,(H2,13,15). The maximum absolute atomic E-state index is 10.3. The Labute approximate surface area is 109 Å². The predicted molar refractivity (Wildman–Crippen MR) is 64.8 cm³/mol. The molecule has 0 fully saturated rings. The zero-order chi connectivity index (χ0) is 13.0. The van der Waals surface area contributed by atoms with E-state index >= 15 is 0 Å². The van der Waals surface area contributed by atoms with Crippen LogP contribution in [0.15, 0.2) is 12.1 Å². The third kappa shape index (κ3) is 3.18. The van der Waals surface area contributed by atoms with Crippen molar-refractivity contribution in [2.45, 2.75) is 6.54 Å². The van der Waals surface area contributed by atoms with Crippen molar-refractivity contribution in [1.29, 1.82) is 0 Å².